The molecule has 6 heteroatoms. The first-order chi connectivity index (χ1) is 7.43. The number of carbonyl (C=O) groups is 1. The lowest BCUT2D eigenvalue weighted by Gasteiger charge is -2.14. The van der Waals surface area contributed by atoms with Gasteiger partial charge in [-0.15, -0.1) is 0 Å². The van der Waals surface area contributed by atoms with Crippen molar-refractivity contribution in [2.45, 2.75) is 18.4 Å². The van der Waals surface area contributed by atoms with Crippen LogP contribution in [0.15, 0.2) is 22.7 Å². The fourth-order valence-electron chi connectivity index (χ4n) is 1.16. The molecule has 1 aromatic carbocycles. The third kappa shape index (κ3) is 3.25. The lowest BCUT2D eigenvalue weighted by molar-refractivity contribution is -0.116. The van der Waals surface area contributed by atoms with Gasteiger partial charge in [0.1, 0.15) is 16.4 Å². The van der Waals surface area contributed by atoms with Gasteiger partial charge in [0.2, 0.25) is 0 Å². The summed E-state index contributed by atoms with van der Waals surface area (Å²) in [5, 5.41) is 0. The second-order valence-corrected chi connectivity index (χ2v) is 4.78. The van der Waals surface area contributed by atoms with E-state index in [-0.39, 0.29) is 11.5 Å². The summed E-state index contributed by atoms with van der Waals surface area (Å²) in [5.74, 6) is -0.202. The summed E-state index contributed by atoms with van der Waals surface area (Å²) in [6.45, 7) is -1.56. The predicted molar refractivity (Wildman–Crippen MR) is 63.1 cm³/mol. The summed E-state index contributed by atoms with van der Waals surface area (Å²) in [6.07, 6.45) is 0. The van der Waals surface area contributed by atoms with Crippen molar-refractivity contribution in [3.8, 4) is 5.75 Å². The number of halogens is 4. The maximum absolute atomic E-state index is 12.2. The monoisotopic (exact) mass is 356 g/mol. The van der Waals surface area contributed by atoms with Gasteiger partial charge in [-0.05, 0) is 28.9 Å². The molecule has 0 saturated carbocycles. The SMILES string of the molecule is CC(=O)C(Br)c1cccc(Br)c1OC(F)F. The molecule has 88 valence electrons. The summed E-state index contributed by atoms with van der Waals surface area (Å²) >= 11 is 6.23. The van der Waals surface area contributed by atoms with Crippen LogP contribution in [0.3, 0.4) is 0 Å². The summed E-state index contributed by atoms with van der Waals surface area (Å²) in [4.78, 5) is 10.5. The van der Waals surface area contributed by atoms with Crippen LogP contribution in [0.4, 0.5) is 8.78 Å². The average Bonchev–Trinajstić information content (AvgIpc) is 2.19. The van der Waals surface area contributed by atoms with Crippen LogP contribution in [0.2, 0.25) is 0 Å². The van der Waals surface area contributed by atoms with Crippen molar-refractivity contribution >= 4 is 37.6 Å². The van der Waals surface area contributed by atoms with E-state index in [4.69, 9.17) is 0 Å². The van der Waals surface area contributed by atoms with Crippen LogP contribution in [0, 0.1) is 0 Å². The molecule has 0 aromatic heterocycles. The Morgan fingerprint density at radius 3 is 2.56 bits per heavy atom. The first-order valence-electron chi connectivity index (χ1n) is 4.31. The van der Waals surface area contributed by atoms with Gasteiger partial charge in [0.05, 0.1) is 4.47 Å². The maximum atomic E-state index is 12.2. The number of ketones is 1. The second-order valence-electron chi connectivity index (χ2n) is 3.01. The summed E-state index contributed by atoms with van der Waals surface area (Å²) in [7, 11) is 0. The molecule has 0 saturated heterocycles. The Morgan fingerprint density at radius 2 is 2.06 bits per heavy atom. The zero-order chi connectivity index (χ0) is 12.3. The van der Waals surface area contributed by atoms with E-state index in [9.17, 15) is 13.6 Å². The van der Waals surface area contributed by atoms with E-state index in [2.05, 4.69) is 36.6 Å². The van der Waals surface area contributed by atoms with Gasteiger partial charge in [0, 0.05) is 5.56 Å². The van der Waals surface area contributed by atoms with Crippen molar-refractivity contribution in [1.82, 2.24) is 0 Å². The van der Waals surface area contributed by atoms with Crippen LogP contribution >= 0.6 is 31.9 Å². The maximum Gasteiger partial charge on any atom is 0.387 e. The lowest BCUT2D eigenvalue weighted by atomic mass is 10.1. The van der Waals surface area contributed by atoms with E-state index in [1.54, 1.807) is 18.2 Å². The minimum atomic E-state index is -2.93. The molecule has 0 fully saturated rings. The summed E-state index contributed by atoms with van der Waals surface area (Å²) < 4.78 is 29.2. The first kappa shape index (κ1) is 13.6. The smallest absolute Gasteiger partial charge is 0.387 e. The molecule has 0 amide bonds. The highest BCUT2D eigenvalue weighted by Crippen LogP contribution is 2.37. The molecule has 1 rings (SSSR count). The molecule has 0 aliphatic carbocycles. The van der Waals surface area contributed by atoms with Gasteiger partial charge < -0.3 is 4.74 Å². The van der Waals surface area contributed by atoms with Gasteiger partial charge in [0.15, 0.2) is 0 Å². The second kappa shape index (κ2) is 5.72. The molecule has 1 aromatic rings. The van der Waals surface area contributed by atoms with Gasteiger partial charge >= 0.3 is 6.61 Å². The molecule has 1 unspecified atom stereocenters. The topological polar surface area (TPSA) is 26.3 Å². The largest absolute Gasteiger partial charge is 0.433 e. The molecular formula is C10H8Br2F2O2. The Hall–Kier alpha value is -0.490. The fraction of sp³-hybridized carbons (Fsp3) is 0.300. The number of hydrogen-bond donors (Lipinski definition) is 0. The van der Waals surface area contributed by atoms with Gasteiger partial charge in [-0.3, -0.25) is 4.79 Å². The van der Waals surface area contributed by atoms with Crippen LogP contribution in [-0.2, 0) is 4.79 Å². The predicted octanol–water partition coefficient (Wildman–Crippen LogP) is 4.08. The molecule has 0 radical (unpaired) electrons. The molecule has 0 bridgehead atoms. The average molecular weight is 358 g/mol. The Kier molecular flexibility index (Phi) is 4.86. The van der Waals surface area contributed by atoms with Gasteiger partial charge in [-0.2, -0.15) is 8.78 Å². The van der Waals surface area contributed by atoms with Crippen molar-refractivity contribution in [3.63, 3.8) is 0 Å². The quantitative estimate of drug-likeness (QED) is 0.759. The molecular weight excluding hydrogens is 350 g/mol. The van der Waals surface area contributed by atoms with Crippen molar-refractivity contribution in [3.05, 3.63) is 28.2 Å². The third-order valence-corrected chi connectivity index (χ3v) is 3.60. The molecule has 0 N–H and O–H groups in total. The highest BCUT2D eigenvalue weighted by molar-refractivity contribution is 9.10. The molecule has 0 heterocycles. The van der Waals surface area contributed by atoms with Crippen LogP contribution < -0.4 is 4.74 Å². The van der Waals surface area contributed by atoms with Crippen LogP contribution in [-0.4, -0.2) is 12.4 Å². The number of alkyl halides is 3. The molecule has 16 heavy (non-hydrogen) atoms. The van der Waals surface area contributed by atoms with Crippen molar-refractivity contribution in [2.24, 2.45) is 0 Å². The molecule has 1 atom stereocenters. The molecule has 0 aliphatic rings. The zero-order valence-corrected chi connectivity index (χ0v) is 11.4. The van der Waals surface area contributed by atoms with Gasteiger partial charge in [-0.25, -0.2) is 0 Å². The standard InChI is InChI=1S/C10H8Br2F2O2/c1-5(15)8(12)6-3-2-4-7(11)9(6)16-10(13)14/h2-4,8,10H,1H3. The highest BCUT2D eigenvalue weighted by atomic mass is 79.9. The Morgan fingerprint density at radius 1 is 1.44 bits per heavy atom. The summed E-state index contributed by atoms with van der Waals surface area (Å²) in [6, 6.07) is 4.78. The van der Waals surface area contributed by atoms with Crippen molar-refractivity contribution < 1.29 is 18.3 Å². The zero-order valence-electron chi connectivity index (χ0n) is 8.22. The Labute approximate surface area is 108 Å². The number of ether oxygens (including phenoxy) is 1. The molecule has 0 aliphatic heterocycles. The van der Waals surface area contributed by atoms with Crippen LogP contribution in [0.5, 0.6) is 5.75 Å². The van der Waals surface area contributed by atoms with E-state index in [0.717, 1.165) is 0 Å². The molecule has 0 spiro atoms. The van der Waals surface area contributed by atoms with Crippen molar-refractivity contribution in [2.75, 3.05) is 0 Å². The van der Waals surface area contributed by atoms with E-state index in [1.807, 2.05) is 0 Å². The molecule has 2 nitrogen and oxygen atoms in total. The van der Waals surface area contributed by atoms with E-state index in [1.165, 1.54) is 6.92 Å². The van der Waals surface area contributed by atoms with E-state index < -0.39 is 11.4 Å². The Balaban J connectivity index is 3.17. The van der Waals surface area contributed by atoms with E-state index in [0.29, 0.717) is 10.0 Å². The van der Waals surface area contributed by atoms with Crippen LogP contribution in [0.1, 0.15) is 17.3 Å². The lowest BCUT2D eigenvalue weighted by Crippen LogP contribution is -2.08. The van der Waals surface area contributed by atoms with E-state index >= 15 is 0 Å². The number of hydrogen-bond acceptors (Lipinski definition) is 2. The van der Waals surface area contributed by atoms with Gasteiger partial charge in [0.25, 0.3) is 0 Å². The first-order valence-corrected chi connectivity index (χ1v) is 6.02. The highest BCUT2D eigenvalue weighted by Gasteiger charge is 2.21. The number of carbonyl (C=O) groups excluding carboxylic acids is 1. The number of benzene rings is 1. The minimum absolute atomic E-state index is 0.0189. The number of rotatable bonds is 4. The van der Waals surface area contributed by atoms with Crippen molar-refractivity contribution in [1.29, 1.82) is 0 Å². The van der Waals surface area contributed by atoms with Gasteiger partial charge in [-0.1, -0.05) is 28.1 Å². The Bertz CT molecular complexity index is 396. The number of Topliss-reactive ketones (excluding diaryl/α,β-unsaturated/α-hetero) is 1. The fourth-order valence-corrected chi connectivity index (χ4v) is 1.99. The number of para-hydroxylation sites is 1. The summed E-state index contributed by atoms with van der Waals surface area (Å²) in [5.41, 5.74) is 0.377. The third-order valence-electron chi connectivity index (χ3n) is 1.83. The minimum Gasteiger partial charge on any atom is -0.433 e. The van der Waals surface area contributed by atoms with Crippen LogP contribution in [0.25, 0.3) is 0 Å². The normalized spacial score (nSPS) is 12.6.